The van der Waals surface area contributed by atoms with E-state index < -0.39 is 0 Å². The van der Waals surface area contributed by atoms with E-state index in [1.54, 1.807) is 18.7 Å². The number of fused-ring (bicyclic) bond motifs is 1. The van der Waals surface area contributed by atoms with Gasteiger partial charge in [-0.2, -0.15) is 0 Å². The number of Topliss-reactive ketones (excluding diaryl/α,β-unsaturated/α-hetero) is 1. The topological polar surface area (TPSA) is 52.0 Å². The van der Waals surface area contributed by atoms with Crippen molar-refractivity contribution in [1.29, 1.82) is 0 Å². The molecule has 2 aromatic rings. The van der Waals surface area contributed by atoms with Crippen molar-refractivity contribution in [2.45, 2.75) is 43.8 Å². The fraction of sp³-hybridized carbons (Fsp3) is 0.438. The molecule has 1 fully saturated rings. The van der Waals surface area contributed by atoms with Crippen LogP contribution < -0.4 is 5.56 Å². The average molecular weight is 302 g/mol. The largest absolute Gasteiger partial charge is 0.300 e. The molecule has 1 heterocycles. The second-order valence-corrected chi connectivity index (χ2v) is 6.53. The molecule has 4 nitrogen and oxygen atoms in total. The first-order valence-corrected chi connectivity index (χ1v) is 8.29. The molecule has 3 rings (SSSR count). The fourth-order valence-electron chi connectivity index (χ4n) is 2.37. The van der Waals surface area contributed by atoms with Crippen LogP contribution in [0.2, 0.25) is 0 Å². The Morgan fingerprint density at radius 2 is 2.14 bits per heavy atom. The molecule has 0 amide bonds. The normalized spacial score (nSPS) is 14.5. The zero-order valence-corrected chi connectivity index (χ0v) is 12.9. The molecule has 0 bridgehead atoms. The maximum atomic E-state index is 12.6. The van der Waals surface area contributed by atoms with Crippen LogP contribution in [0.15, 0.2) is 34.2 Å². The molecule has 0 saturated heterocycles. The van der Waals surface area contributed by atoms with Gasteiger partial charge in [0.25, 0.3) is 5.56 Å². The highest BCUT2D eigenvalue weighted by atomic mass is 32.2. The molecular formula is C16H18N2O2S. The van der Waals surface area contributed by atoms with Crippen molar-refractivity contribution in [3.05, 3.63) is 34.6 Å². The first kappa shape index (κ1) is 14.3. The number of carbonyl (C=O) groups excluding carboxylic acids is 1. The van der Waals surface area contributed by atoms with Crippen LogP contribution in [0.4, 0.5) is 0 Å². The van der Waals surface area contributed by atoms with Crippen LogP contribution in [-0.4, -0.2) is 21.1 Å². The summed E-state index contributed by atoms with van der Waals surface area (Å²) in [6.45, 7) is 1.61. The monoisotopic (exact) mass is 302 g/mol. The van der Waals surface area contributed by atoms with Gasteiger partial charge >= 0.3 is 0 Å². The van der Waals surface area contributed by atoms with Gasteiger partial charge in [-0.1, -0.05) is 23.9 Å². The van der Waals surface area contributed by atoms with Crippen LogP contribution in [-0.2, 0) is 4.79 Å². The standard InChI is InChI=1S/C16H18N2O2S/c1-11(19)5-4-10-21-16-17-14-7-3-2-6-13(14)15(20)18(16)12-8-9-12/h2-3,6-7,12H,4-5,8-10H2,1H3. The molecule has 5 heteroatoms. The Kier molecular flexibility index (Phi) is 4.10. The fourth-order valence-corrected chi connectivity index (χ4v) is 3.37. The number of benzene rings is 1. The smallest absolute Gasteiger partial charge is 0.262 e. The highest BCUT2D eigenvalue weighted by molar-refractivity contribution is 7.99. The number of rotatable bonds is 6. The number of hydrogen-bond acceptors (Lipinski definition) is 4. The van der Waals surface area contributed by atoms with Gasteiger partial charge in [-0.05, 0) is 38.3 Å². The Morgan fingerprint density at radius 3 is 2.86 bits per heavy atom. The SMILES string of the molecule is CC(=O)CCCSc1nc2ccccc2c(=O)n1C1CC1. The van der Waals surface area contributed by atoms with E-state index in [1.165, 1.54) is 0 Å². The number of para-hydroxylation sites is 1. The lowest BCUT2D eigenvalue weighted by Gasteiger charge is -2.12. The summed E-state index contributed by atoms with van der Waals surface area (Å²) in [5, 5.41) is 1.49. The molecule has 1 aromatic heterocycles. The number of ketones is 1. The lowest BCUT2D eigenvalue weighted by molar-refractivity contribution is -0.117. The molecular weight excluding hydrogens is 284 g/mol. The van der Waals surface area contributed by atoms with Crippen LogP contribution in [0.25, 0.3) is 10.9 Å². The van der Waals surface area contributed by atoms with Gasteiger partial charge in [0.1, 0.15) is 5.78 Å². The number of thioether (sulfide) groups is 1. The summed E-state index contributed by atoms with van der Waals surface area (Å²) in [6.07, 6.45) is 3.53. The molecule has 1 aliphatic rings. The van der Waals surface area contributed by atoms with Gasteiger partial charge in [0.15, 0.2) is 5.16 Å². The van der Waals surface area contributed by atoms with E-state index in [1.807, 2.05) is 28.8 Å². The summed E-state index contributed by atoms with van der Waals surface area (Å²) in [7, 11) is 0. The predicted octanol–water partition coefficient (Wildman–Crippen LogP) is 3.19. The molecule has 0 N–H and O–H groups in total. The summed E-state index contributed by atoms with van der Waals surface area (Å²) in [5.41, 5.74) is 0.825. The van der Waals surface area contributed by atoms with Gasteiger partial charge < -0.3 is 4.79 Å². The second-order valence-electron chi connectivity index (χ2n) is 5.47. The quantitative estimate of drug-likeness (QED) is 0.467. The molecule has 0 spiro atoms. The first-order chi connectivity index (χ1) is 10.2. The lowest BCUT2D eigenvalue weighted by Crippen LogP contribution is -2.22. The Labute approximate surface area is 127 Å². The van der Waals surface area contributed by atoms with Gasteiger partial charge in [-0.15, -0.1) is 0 Å². The number of carbonyl (C=O) groups is 1. The van der Waals surface area contributed by atoms with Crippen LogP contribution in [0.1, 0.15) is 38.6 Å². The zero-order chi connectivity index (χ0) is 14.8. The van der Waals surface area contributed by atoms with E-state index in [2.05, 4.69) is 4.98 Å². The van der Waals surface area contributed by atoms with Crippen molar-refractivity contribution in [3.8, 4) is 0 Å². The van der Waals surface area contributed by atoms with E-state index in [0.29, 0.717) is 17.8 Å². The molecule has 0 aliphatic heterocycles. The molecule has 1 aliphatic carbocycles. The molecule has 0 radical (unpaired) electrons. The van der Waals surface area contributed by atoms with E-state index in [-0.39, 0.29) is 11.3 Å². The number of hydrogen-bond donors (Lipinski definition) is 0. The molecule has 21 heavy (non-hydrogen) atoms. The number of aromatic nitrogens is 2. The first-order valence-electron chi connectivity index (χ1n) is 7.30. The minimum absolute atomic E-state index is 0.0668. The van der Waals surface area contributed by atoms with Gasteiger partial charge in [-0.25, -0.2) is 4.98 Å². The Hall–Kier alpha value is -1.62. The van der Waals surface area contributed by atoms with E-state index in [0.717, 1.165) is 35.7 Å². The number of nitrogens with zero attached hydrogens (tertiary/aromatic N) is 2. The zero-order valence-electron chi connectivity index (χ0n) is 12.0. The van der Waals surface area contributed by atoms with Gasteiger partial charge in [0.05, 0.1) is 10.9 Å². The van der Waals surface area contributed by atoms with E-state index in [4.69, 9.17) is 0 Å². The summed E-state index contributed by atoms with van der Waals surface area (Å²) >= 11 is 1.59. The Balaban J connectivity index is 1.91. The summed E-state index contributed by atoms with van der Waals surface area (Å²) in [6, 6.07) is 7.81. The third kappa shape index (κ3) is 3.18. The molecule has 1 saturated carbocycles. The molecule has 110 valence electrons. The third-order valence-corrected chi connectivity index (χ3v) is 4.63. The maximum Gasteiger partial charge on any atom is 0.262 e. The van der Waals surface area contributed by atoms with Gasteiger partial charge in [0, 0.05) is 18.2 Å². The predicted molar refractivity (Wildman–Crippen MR) is 84.9 cm³/mol. The minimum atomic E-state index is 0.0668. The van der Waals surface area contributed by atoms with Crippen LogP contribution >= 0.6 is 11.8 Å². The van der Waals surface area contributed by atoms with Crippen LogP contribution in [0, 0.1) is 0 Å². The highest BCUT2D eigenvalue weighted by Crippen LogP contribution is 2.36. The average Bonchev–Trinajstić information content (AvgIpc) is 3.28. The molecule has 0 atom stereocenters. The van der Waals surface area contributed by atoms with Gasteiger partial charge in [-0.3, -0.25) is 9.36 Å². The minimum Gasteiger partial charge on any atom is -0.300 e. The maximum absolute atomic E-state index is 12.6. The van der Waals surface area contributed by atoms with E-state index >= 15 is 0 Å². The van der Waals surface area contributed by atoms with Crippen molar-refractivity contribution in [3.63, 3.8) is 0 Å². The van der Waals surface area contributed by atoms with Crippen molar-refractivity contribution >= 4 is 28.4 Å². The highest BCUT2D eigenvalue weighted by Gasteiger charge is 2.28. The molecule has 0 unspecified atom stereocenters. The third-order valence-electron chi connectivity index (χ3n) is 3.59. The summed E-state index contributed by atoms with van der Waals surface area (Å²) in [4.78, 5) is 28.3. The Morgan fingerprint density at radius 1 is 1.38 bits per heavy atom. The summed E-state index contributed by atoms with van der Waals surface area (Å²) < 4.78 is 1.85. The van der Waals surface area contributed by atoms with Crippen molar-refractivity contribution < 1.29 is 4.79 Å². The lowest BCUT2D eigenvalue weighted by atomic mass is 10.2. The Bertz CT molecular complexity index is 735. The van der Waals surface area contributed by atoms with Crippen molar-refractivity contribution in [1.82, 2.24) is 9.55 Å². The molecule has 1 aromatic carbocycles. The summed E-state index contributed by atoms with van der Waals surface area (Å²) in [5.74, 6) is 1.03. The van der Waals surface area contributed by atoms with E-state index in [9.17, 15) is 9.59 Å². The second kappa shape index (κ2) is 6.02. The van der Waals surface area contributed by atoms with Crippen molar-refractivity contribution in [2.75, 3.05) is 5.75 Å². The van der Waals surface area contributed by atoms with Crippen LogP contribution in [0.5, 0.6) is 0 Å². The van der Waals surface area contributed by atoms with Gasteiger partial charge in [0.2, 0.25) is 0 Å². The van der Waals surface area contributed by atoms with Crippen LogP contribution in [0.3, 0.4) is 0 Å². The van der Waals surface area contributed by atoms with Crippen molar-refractivity contribution in [2.24, 2.45) is 0 Å².